The molecule has 0 aliphatic carbocycles. The highest BCUT2D eigenvalue weighted by Gasteiger charge is 2.26. The zero-order valence-electron chi connectivity index (χ0n) is 17.8. The van der Waals surface area contributed by atoms with Gasteiger partial charge in [0.1, 0.15) is 17.3 Å². The molecule has 4 heterocycles. The fraction of sp³-hybridized carbons (Fsp3) is 0.292. The number of ether oxygens (including phenoxy) is 1. The van der Waals surface area contributed by atoms with Crippen molar-refractivity contribution in [1.29, 1.82) is 0 Å². The summed E-state index contributed by atoms with van der Waals surface area (Å²) in [6, 6.07) is 14.3. The minimum atomic E-state index is 0.0226. The van der Waals surface area contributed by atoms with E-state index in [1.807, 2.05) is 23.6 Å². The van der Waals surface area contributed by atoms with Gasteiger partial charge in [-0.2, -0.15) is 0 Å². The number of hydrogen-bond acceptors (Lipinski definition) is 7. The molecule has 1 saturated heterocycles. The third-order valence-corrected chi connectivity index (χ3v) is 7.43. The molecule has 5 rings (SSSR count). The Balaban J connectivity index is 1.41. The topological polar surface area (TPSA) is 67.3 Å². The molecule has 0 unspecified atom stereocenters. The first kappa shape index (κ1) is 21.1. The van der Waals surface area contributed by atoms with E-state index in [4.69, 9.17) is 14.7 Å². The van der Waals surface area contributed by atoms with E-state index in [0.717, 1.165) is 52.4 Å². The average Bonchev–Trinajstić information content (AvgIpc) is 3.50. The fourth-order valence-electron chi connectivity index (χ4n) is 4.12. The molecule has 1 amide bonds. The van der Waals surface area contributed by atoms with Crippen molar-refractivity contribution >= 4 is 44.6 Å². The molecule has 8 heteroatoms. The third kappa shape index (κ3) is 4.26. The van der Waals surface area contributed by atoms with Gasteiger partial charge in [0.05, 0.1) is 10.3 Å². The Bertz CT molecular complexity index is 1200. The van der Waals surface area contributed by atoms with E-state index >= 15 is 0 Å². The highest BCUT2D eigenvalue weighted by Crippen LogP contribution is 2.39. The predicted octanol–water partition coefficient (Wildman–Crippen LogP) is 4.97. The zero-order chi connectivity index (χ0) is 21.9. The number of carbonyl (C=O) groups excluding carboxylic acids is 1. The number of carbonyl (C=O) groups is 1. The van der Waals surface area contributed by atoms with Gasteiger partial charge in [0.2, 0.25) is 0 Å². The van der Waals surface area contributed by atoms with Crippen LogP contribution in [0, 0.1) is 0 Å². The van der Waals surface area contributed by atoms with Crippen molar-refractivity contribution in [1.82, 2.24) is 15.3 Å². The number of benzene rings is 1. The van der Waals surface area contributed by atoms with E-state index in [1.165, 1.54) is 16.9 Å². The summed E-state index contributed by atoms with van der Waals surface area (Å²) >= 11 is 3.12. The monoisotopic (exact) mass is 464 g/mol. The standard InChI is InChI=1S/C24H24N4O2S2/c1-30-14-20-26-22(21-18(15-32-24(21)27-20)16-6-3-2-4-7-16)28-11-9-17(10-12-28)25-23(29)19-8-5-13-31-19/h2-8,13,15,17H,9-12,14H2,1H3,(H,25,29). The van der Waals surface area contributed by atoms with Gasteiger partial charge in [-0.1, -0.05) is 36.4 Å². The van der Waals surface area contributed by atoms with Crippen molar-refractivity contribution in [3.8, 4) is 11.1 Å². The molecule has 6 nitrogen and oxygen atoms in total. The highest BCUT2D eigenvalue weighted by molar-refractivity contribution is 7.17. The minimum absolute atomic E-state index is 0.0226. The summed E-state index contributed by atoms with van der Waals surface area (Å²) < 4.78 is 5.32. The lowest BCUT2D eigenvalue weighted by atomic mass is 10.0. The molecule has 0 radical (unpaired) electrons. The number of amides is 1. The van der Waals surface area contributed by atoms with Gasteiger partial charge in [0.15, 0.2) is 5.82 Å². The molecule has 0 bridgehead atoms. The van der Waals surface area contributed by atoms with Crippen LogP contribution >= 0.6 is 22.7 Å². The van der Waals surface area contributed by atoms with Crippen molar-refractivity contribution < 1.29 is 9.53 Å². The van der Waals surface area contributed by atoms with Gasteiger partial charge in [-0.05, 0) is 29.9 Å². The SMILES string of the molecule is COCc1nc(N2CCC(NC(=O)c3cccs3)CC2)c2c(-c3ccccc3)csc2n1. The predicted molar refractivity (Wildman–Crippen MR) is 131 cm³/mol. The van der Waals surface area contributed by atoms with Gasteiger partial charge in [-0.3, -0.25) is 4.79 Å². The van der Waals surface area contributed by atoms with Crippen molar-refractivity contribution in [3.63, 3.8) is 0 Å². The van der Waals surface area contributed by atoms with Gasteiger partial charge in [-0.15, -0.1) is 22.7 Å². The Morgan fingerprint density at radius 2 is 1.94 bits per heavy atom. The van der Waals surface area contributed by atoms with Crippen molar-refractivity contribution in [2.24, 2.45) is 0 Å². The second-order valence-corrected chi connectivity index (χ2v) is 9.61. The van der Waals surface area contributed by atoms with Crippen LogP contribution in [0.1, 0.15) is 28.3 Å². The molecule has 0 atom stereocenters. The molecule has 32 heavy (non-hydrogen) atoms. The Hall–Kier alpha value is -2.81. The lowest BCUT2D eigenvalue weighted by Crippen LogP contribution is -2.45. The summed E-state index contributed by atoms with van der Waals surface area (Å²) in [5.41, 5.74) is 2.33. The first-order valence-corrected chi connectivity index (χ1v) is 12.4. The van der Waals surface area contributed by atoms with Gasteiger partial charge >= 0.3 is 0 Å². The molecule has 4 aromatic rings. The number of thiophene rings is 2. The van der Waals surface area contributed by atoms with Crippen LogP contribution in [0.3, 0.4) is 0 Å². The van der Waals surface area contributed by atoms with Gasteiger partial charge < -0.3 is 15.0 Å². The van der Waals surface area contributed by atoms with Crippen LogP contribution in [0.4, 0.5) is 5.82 Å². The van der Waals surface area contributed by atoms with Crippen LogP contribution in [-0.4, -0.2) is 42.1 Å². The maximum atomic E-state index is 12.4. The van der Waals surface area contributed by atoms with E-state index in [2.05, 4.69) is 39.9 Å². The second-order valence-electron chi connectivity index (χ2n) is 7.80. The first-order valence-electron chi connectivity index (χ1n) is 10.6. The van der Waals surface area contributed by atoms with Gasteiger partial charge in [-0.25, -0.2) is 9.97 Å². The number of fused-ring (bicyclic) bond motifs is 1. The average molecular weight is 465 g/mol. The fourth-order valence-corrected chi connectivity index (χ4v) is 5.71. The molecular weight excluding hydrogens is 440 g/mol. The number of hydrogen-bond donors (Lipinski definition) is 1. The number of nitrogens with zero attached hydrogens (tertiary/aromatic N) is 3. The van der Waals surface area contributed by atoms with Crippen LogP contribution in [0.5, 0.6) is 0 Å². The number of anilines is 1. The summed E-state index contributed by atoms with van der Waals surface area (Å²) in [4.78, 5) is 26.2. The van der Waals surface area contributed by atoms with E-state index < -0.39 is 0 Å². The summed E-state index contributed by atoms with van der Waals surface area (Å²) in [6.07, 6.45) is 1.76. The molecule has 1 N–H and O–H groups in total. The number of aromatic nitrogens is 2. The molecule has 1 fully saturated rings. The molecule has 0 spiro atoms. The largest absolute Gasteiger partial charge is 0.377 e. The van der Waals surface area contributed by atoms with E-state index in [1.54, 1.807) is 18.4 Å². The number of nitrogens with one attached hydrogen (secondary N) is 1. The van der Waals surface area contributed by atoms with Crippen molar-refractivity contribution in [2.45, 2.75) is 25.5 Å². The van der Waals surface area contributed by atoms with Crippen LogP contribution in [-0.2, 0) is 11.3 Å². The highest BCUT2D eigenvalue weighted by atomic mass is 32.1. The lowest BCUT2D eigenvalue weighted by molar-refractivity contribution is 0.0935. The smallest absolute Gasteiger partial charge is 0.261 e. The Labute approximate surface area is 194 Å². The molecule has 3 aromatic heterocycles. The van der Waals surface area contributed by atoms with Crippen molar-refractivity contribution in [3.05, 3.63) is 63.9 Å². The lowest BCUT2D eigenvalue weighted by Gasteiger charge is -2.33. The zero-order valence-corrected chi connectivity index (χ0v) is 19.4. The minimum Gasteiger partial charge on any atom is -0.377 e. The third-order valence-electron chi connectivity index (χ3n) is 5.69. The normalized spacial score (nSPS) is 14.7. The number of rotatable bonds is 6. The molecule has 1 aliphatic heterocycles. The Kier molecular flexibility index (Phi) is 6.16. The quantitative estimate of drug-likeness (QED) is 0.437. The van der Waals surface area contributed by atoms with E-state index in [-0.39, 0.29) is 11.9 Å². The molecule has 164 valence electrons. The van der Waals surface area contributed by atoms with Crippen molar-refractivity contribution in [2.75, 3.05) is 25.1 Å². The molecular formula is C24H24N4O2S2. The number of piperidine rings is 1. The van der Waals surface area contributed by atoms with Crippen LogP contribution in [0.25, 0.3) is 21.3 Å². The summed E-state index contributed by atoms with van der Waals surface area (Å²) in [7, 11) is 1.67. The van der Waals surface area contributed by atoms with E-state index in [9.17, 15) is 4.79 Å². The molecule has 0 saturated carbocycles. The summed E-state index contributed by atoms with van der Waals surface area (Å²) in [5.74, 6) is 1.68. The first-order chi connectivity index (χ1) is 15.7. The Morgan fingerprint density at radius 1 is 1.12 bits per heavy atom. The maximum Gasteiger partial charge on any atom is 0.261 e. The molecule has 1 aliphatic rings. The van der Waals surface area contributed by atoms with Crippen LogP contribution in [0.15, 0.2) is 53.2 Å². The van der Waals surface area contributed by atoms with Crippen LogP contribution < -0.4 is 10.2 Å². The van der Waals surface area contributed by atoms with E-state index in [0.29, 0.717) is 12.4 Å². The Morgan fingerprint density at radius 3 is 2.66 bits per heavy atom. The van der Waals surface area contributed by atoms with Gasteiger partial charge in [0, 0.05) is 37.2 Å². The molecule has 1 aromatic carbocycles. The van der Waals surface area contributed by atoms with Crippen LogP contribution in [0.2, 0.25) is 0 Å². The summed E-state index contributed by atoms with van der Waals surface area (Å²) in [6.45, 7) is 2.05. The number of methoxy groups -OCH3 is 1. The second kappa shape index (κ2) is 9.36. The van der Waals surface area contributed by atoms with Gasteiger partial charge in [0.25, 0.3) is 5.91 Å². The summed E-state index contributed by atoms with van der Waals surface area (Å²) in [5, 5.41) is 8.39. The maximum absolute atomic E-state index is 12.4.